The van der Waals surface area contributed by atoms with Crippen molar-refractivity contribution in [2.24, 2.45) is 35.3 Å². The van der Waals surface area contributed by atoms with Gasteiger partial charge in [-0.15, -0.1) is 0 Å². The Balaban J connectivity index is 1.93. The molecule has 0 bridgehead atoms. The Morgan fingerprint density at radius 2 is 1.56 bits per heavy atom. The number of rotatable bonds is 2. The summed E-state index contributed by atoms with van der Waals surface area (Å²) in [5.74, 6) is 4.38. The van der Waals surface area contributed by atoms with E-state index in [1.54, 1.807) is 0 Å². The van der Waals surface area contributed by atoms with Crippen LogP contribution in [0.1, 0.15) is 72.6 Å². The molecule has 2 saturated carbocycles. The highest BCUT2D eigenvalue weighted by molar-refractivity contribution is 4.98. The van der Waals surface area contributed by atoms with E-state index in [0.717, 1.165) is 29.6 Å². The molecule has 106 valence electrons. The van der Waals surface area contributed by atoms with Crippen molar-refractivity contribution in [3.05, 3.63) is 0 Å². The van der Waals surface area contributed by atoms with Gasteiger partial charge in [-0.3, -0.25) is 0 Å². The van der Waals surface area contributed by atoms with Gasteiger partial charge in [-0.1, -0.05) is 34.1 Å². The molecule has 0 aromatic heterocycles. The molecule has 0 heterocycles. The monoisotopic (exact) mass is 251 g/mol. The third-order valence-electron chi connectivity index (χ3n) is 6.32. The Kier molecular flexibility index (Phi) is 4.41. The van der Waals surface area contributed by atoms with Crippen LogP contribution in [0.2, 0.25) is 0 Å². The molecule has 0 aromatic rings. The predicted molar refractivity (Wildman–Crippen MR) is 79.4 cm³/mol. The van der Waals surface area contributed by atoms with E-state index in [4.69, 9.17) is 5.73 Å². The van der Waals surface area contributed by atoms with Gasteiger partial charge in [-0.25, -0.2) is 0 Å². The standard InChI is InChI=1S/C17H33N/c1-12(2)15-7-9-17(18,10-8-15)16-6-5-13(3)14(4)11-16/h12-16H,5-11,18H2,1-4H3. The van der Waals surface area contributed by atoms with Crippen molar-refractivity contribution >= 4 is 0 Å². The highest BCUT2D eigenvalue weighted by Crippen LogP contribution is 2.45. The average Bonchev–Trinajstić information content (AvgIpc) is 2.33. The predicted octanol–water partition coefficient (Wildman–Crippen LogP) is 4.60. The summed E-state index contributed by atoms with van der Waals surface area (Å²) < 4.78 is 0. The summed E-state index contributed by atoms with van der Waals surface area (Å²) in [5.41, 5.74) is 6.98. The van der Waals surface area contributed by atoms with Crippen LogP contribution in [0.15, 0.2) is 0 Å². The van der Waals surface area contributed by atoms with Crippen LogP contribution in [0.5, 0.6) is 0 Å². The third-order valence-corrected chi connectivity index (χ3v) is 6.32. The third kappa shape index (κ3) is 2.92. The molecule has 2 N–H and O–H groups in total. The summed E-state index contributed by atoms with van der Waals surface area (Å²) in [7, 11) is 0. The first-order chi connectivity index (χ1) is 8.42. The lowest BCUT2D eigenvalue weighted by Gasteiger charge is -2.47. The molecule has 2 rings (SSSR count). The van der Waals surface area contributed by atoms with Crippen LogP contribution in [0.4, 0.5) is 0 Å². The Morgan fingerprint density at radius 1 is 0.944 bits per heavy atom. The van der Waals surface area contributed by atoms with Gasteiger partial charge in [-0.2, -0.15) is 0 Å². The Morgan fingerprint density at radius 3 is 2.06 bits per heavy atom. The lowest BCUT2D eigenvalue weighted by molar-refractivity contribution is 0.0816. The summed E-state index contributed by atoms with van der Waals surface area (Å²) in [6.45, 7) is 9.59. The van der Waals surface area contributed by atoms with Gasteiger partial charge in [0, 0.05) is 5.54 Å². The molecule has 3 unspecified atom stereocenters. The number of nitrogens with two attached hydrogens (primary N) is 1. The van der Waals surface area contributed by atoms with E-state index in [1.807, 2.05) is 0 Å². The van der Waals surface area contributed by atoms with Crippen LogP contribution in [0.3, 0.4) is 0 Å². The van der Waals surface area contributed by atoms with E-state index in [-0.39, 0.29) is 5.54 Å². The van der Waals surface area contributed by atoms with Gasteiger partial charge in [0.2, 0.25) is 0 Å². The topological polar surface area (TPSA) is 26.0 Å². The Hall–Kier alpha value is -0.0400. The normalized spacial score (nSPS) is 46.3. The summed E-state index contributed by atoms with van der Waals surface area (Å²) >= 11 is 0. The maximum atomic E-state index is 6.80. The molecule has 3 atom stereocenters. The molecule has 2 fully saturated rings. The molecule has 0 saturated heterocycles. The van der Waals surface area contributed by atoms with Crippen molar-refractivity contribution in [1.82, 2.24) is 0 Å². The molecule has 1 heteroatoms. The van der Waals surface area contributed by atoms with Crippen LogP contribution >= 0.6 is 0 Å². The second-order valence-electron chi connectivity index (χ2n) is 7.78. The molecule has 1 nitrogen and oxygen atoms in total. The van der Waals surface area contributed by atoms with E-state index >= 15 is 0 Å². The van der Waals surface area contributed by atoms with E-state index in [0.29, 0.717) is 0 Å². The van der Waals surface area contributed by atoms with Crippen molar-refractivity contribution in [1.29, 1.82) is 0 Å². The first-order valence-corrected chi connectivity index (χ1v) is 8.21. The molecular formula is C17H33N. The van der Waals surface area contributed by atoms with E-state index in [9.17, 15) is 0 Å². The molecule has 18 heavy (non-hydrogen) atoms. The summed E-state index contributed by atoms with van der Waals surface area (Å²) in [5, 5.41) is 0. The zero-order valence-corrected chi connectivity index (χ0v) is 12.9. The minimum Gasteiger partial charge on any atom is -0.325 e. The smallest absolute Gasteiger partial charge is 0.0183 e. The summed E-state index contributed by atoms with van der Waals surface area (Å²) in [6, 6.07) is 0. The van der Waals surface area contributed by atoms with Crippen molar-refractivity contribution in [3.8, 4) is 0 Å². The van der Waals surface area contributed by atoms with Crippen molar-refractivity contribution < 1.29 is 0 Å². The fourth-order valence-electron chi connectivity index (χ4n) is 4.32. The highest BCUT2D eigenvalue weighted by atomic mass is 14.8. The van der Waals surface area contributed by atoms with Crippen LogP contribution < -0.4 is 5.73 Å². The van der Waals surface area contributed by atoms with Crippen LogP contribution in [-0.2, 0) is 0 Å². The number of hydrogen-bond acceptors (Lipinski definition) is 1. The van der Waals surface area contributed by atoms with Gasteiger partial charge >= 0.3 is 0 Å². The van der Waals surface area contributed by atoms with Crippen molar-refractivity contribution in [3.63, 3.8) is 0 Å². The van der Waals surface area contributed by atoms with E-state index in [1.165, 1.54) is 44.9 Å². The van der Waals surface area contributed by atoms with Gasteiger partial charge in [0.25, 0.3) is 0 Å². The zero-order chi connectivity index (χ0) is 13.3. The van der Waals surface area contributed by atoms with Gasteiger partial charge in [0.1, 0.15) is 0 Å². The van der Waals surface area contributed by atoms with Crippen LogP contribution in [-0.4, -0.2) is 5.54 Å². The molecule has 0 aromatic carbocycles. The molecular weight excluding hydrogens is 218 g/mol. The quantitative estimate of drug-likeness (QED) is 0.762. The summed E-state index contributed by atoms with van der Waals surface area (Å²) in [4.78, 5) is 0. The Labute approximate surface area is 114 Å². The van der Waals surface area contributed by atoms with Gasteiger partial charge < -0.3 is 5.73 Å². The first-order valence-electron chi connectivity index (χ1n) is 8.21. The largest absolute Gasteiger partial charge is 0.325 e. The van der Waals surface area contributed by atoms with Crippen LogP contribution in [0, 0.1) is 29.6 Å². The second kappa shape index (κ2) is 5.53. The molecule has 2 aliphatic carbocycles. The average molecular weight is 251 g/mol. The zero-order valence-electron chi connectivity index (χ0n) is 12.9. The van der Waals surface area contributed by atoms with Gasteiger partial charge in [0.15, 0.2) is 0 Å². The maximum Gasteiger partial charge on any atom is 0.0183 e. The first kappa shape index (κ1) is 14.4. The molecule has 0 amide bonds. The van der Waals surface area contributed by atoms with Gasteiger partial charge in [0.05, 0.1) is 0 Å². The van der Waals surface area contributed by atoms with Gasteiger partial charge in [-0.05, 0) is 68.1 Å². The lowest BCUT2D eigenvalue weighted by Crippen LogP contribution is -2.52. The van der Waals surface area contributed by atoms with Crippen LogP contribution in [0.25, 0.3) is 0 Å². The molecule has 0 aliphatic heterocycles. The second-order valence-corrected chi connectivity index (χ2v) is 7.78. The minimum atomic E-state index is 0.180. The molecule has 0 radical (unpaired) electrons. The number of hydrogen-bond donors (Lipinski definition) is 1. The minimum absolute atomic E-state index is 0.180. The van der Waals surface area contributed by atoms with E-state index in [2.05, 4.69) is 27.7 Å². The fourth-order valence-corrected chi connectivity index (χ4v) is 4.32. The maximum absolute atomic E-state index is 6.80. The van der Waals surface area contributed by atoms with E-state index < -0.39 is 0 Å². The molecule has 0 spiro atoms. The summed E-state index contributed by atoms with van der Waals surface area (Å²) in [6.07, 6.45) is 9.46. The van der Waals surface area contributed by atoms with Crippen molar-refractivity contribution in [2.45, 2.75) is 78.2 Å². The molecule has 2 aliphatic rings. The lowest BCUT2D eigenvalue weighted by atomic mass is 9.62. The fraction of sp³-hybridized carbons (Fsp3) is 1.00. The Bertz CT molecular complexity index is 263. The van der Waals surface area contributed by atoms with Crippen molar-refractivity contribution in [2.75, 3.05) is 0 Å². The SMILES string of the molecule is CC(C)C1CCC(N)(C2CCC(C)C(C)C2)CC1. The highest BCUT2D eigenvalue weighted by Gasteiger charge is 2.41.